The average Bonchev–Trinajstić information content (AvgIpc) is 2.80. The molecule has 0 atom stereocenters. The first kappa shape index (κ1) is 23.5. The van der Waals surface area contributed by atoms with Crippen molar-refractivity contribution < 1.29 is 26.9 Å². The summed E-state index contributed by atoms with van der Waals surface area (Å²) in [4.78, 5) is 26.3. The molecule has 176 valence electrons. The van der Waals surface area contributed by atoms with Gasteiger partial charge in [0.2, 0.25) is 0 Å². The Hall–Kier alpha value is -2.23. The molecule has 2 aliphatic carbocycles. The highest BCUT2D eigenvalue weighted by Gasteiger charge is 2.43. The van der Waals surface area contributed by atoms with Crippen LogP contribution in [0.3, 0.4) is 0 Å². The van der Waals surface area contributed by atoms with Crippen molar-refractivity contribution >= 4 is 53.5 Å². The van der Waals surface area contributed by atoms with Crippen LogP contribution in [0.4, 0.5) is 0 Å². The molecule has 2 aromatic rings. The van der Waals surface area contributed by atoms with E-state index in [1.165, 1.54) is 12.1 Å². The van der Waals surface area contributed by atoms with Crippen LogP contribution in [-0.2, 0) is 24.4 Å². The average molecular weight is 608 g/mol. The molecule has 5 rings (SSSR count). The van der Waals surface area contributed by atoms with Gasteiger partial charge in [0, 0.05) is 46.9 Å². The first-order valence-electron chi connectivity index (χ1n) is 10.9. The smallest absolute Gasteiger partial charge is 0.339 e. The summed E-state index contributed by atoms with van der Waals surface area (Å²) < 4.78 is 39.1. The lowest BCUT2D eigenvalue weighted by molar-refractivity contribution is -0.117. The summed E-state index contributed by atoms with van der Waals surface area (Å²) in [6.07, 6.45) is 3.24. The number of hydrogen-bond acceptors (Lipinski definition) is 6. The lowest BCUT2D eigenvalue weighted by atomic mass is 9.73. The number of ether oxygens (including phenoxy) is 1. The van der Waals surface area contributed by atoms with Crippen molar-refractivity contribution in [1.82, 2.24) is 0 Å². The number of hydrogen-bond donors (Lipinski definition) is 0. The fourth-order valence-corrected chi connectivity index (χ4v) is 7.19. The van der Waals surface area contributed by atoms with Gasteiger partial charge in [-0.15, -0.1) is 0 Å². The van der Waals surface area contributed by atoms with Gasteiger partial charge in [-0.1, -0.05) is 34.1 Å². The van der Waals surface area contributed by atoms with E-state index in [2.05, 4.69) is 31.9 Å². The van der Waals surface area contributed by atoms with Crippen LogP contribution in [0.25, 0.3) is 0 Å². The van der Waals surface area contributed by atoms with Gasteiger partial charge in [0.05, 0.1) is 10.4 Å². The van der Waals surface area contributed by atoms with Crippen LogP contribution in [0.1, 0.15) is 50.0 Å². The van der Waals surface area contributed by atoms with Crippen LogP contribution in [-0.4, -0.2) is 20.0 Å². The van der Waals surface area contributed by atoms with Crippen molar-refractivity contribution in [3.8, 4) is 5.75 Å². The highest BCUT2D eigenvalue weighted by atomic mass is 79.9. The molecule has 9 heteroatoms. The van der Waals surface area contributed by atoms with Crippen LogP contribution in [0, 0.1) is 0 Å². The molecule has 0 fully saturated rings. The SMILES string of the molecule is O=C1CCCC2=C1C(c1cc(Br)cc(Br)c1OS(=O)(=O)c1ccccc1)C1=C(CCCC1=O)O2. The molecular weight excluding hydrogens is 588 g/mol. The molecule has 1 heterocycles. The maximum Gasteiger partial charge on any atom is 0.339 e. The van der Waals surface area contributed by atoms with E-state index in [0.717, 1.165) is 0 Å². The topological polar surface area (TPSA) is 86.7 Å². The number of halogens is 2. The van der Waals surface area contributed by atoms with Crippen LogP contribution in [0.5, 0.6) is 5.75 Å². The monoisotopic (exact) mass is 606 g/mol. The van der Waals surface area contributed by atoms with E-state index in [0.29, 0.717) is 75.7 Å². The summed E-state index contributed by atoms with van der Waals surface area (Å²) in [5.74, 6) is 0.252. The second-order valence-corrected chi connectivity index (χ2v) is 11.7. The minimum atomic E-state index is -4.17. The van der Waals surface area contributed by atoms with Gasteiger partial charge >= 0.3 is 10.1 Å². The largest absolute Gasteiger partial charge is 0.465 e. The Labute approximate surface area is 214 Å². The van der Waals surface area contributed by atoms with E-state index in [4.69, 9.17) is 8.92 Å². The van der Waals surface area contributed by atoms with Gasteiger partial charge in [0.15, 0.2) is 17.3 Å². The molecule has 0 spiro atoms. The number of benzene rings is 2. The first-order valence-corrected chi connectivity index (χ1v) is 13.9. The third kappa shape index (κ3) is 4.18. The normalized spacial score (nSPS) is 19.0. The molecule has 0 amide bonds. The van der Waals surface area contributed by atoms with Gasteiger partial charge in [-0.2, -0.15) is 8.42 Å². The number of allylic oxidation sites excluding steroid dienone is 4. The first-order chi connectivity index (χ1) is 16.3. The molecule has 0 unspecified atom stereocenters. The van der Waals surface area contributed by atoms with E-state index in [-0.39, 0.29) is 22.2 Å². The molecule has 6 nitrogen and oxygen atoms in total. The number of rotatable bonds is 4. The maximum absolute atomic E-state index is 13.1. The molecule has 3 aliphatic rings. The number of carbonyl (C=O) groups excluding carboxylic acids is 2. The fraction of sp³-hybridized carbons (Fsp3) is 0.280. The number of ketones is 2. The molecule has 0 radical (unpaired) electrons. The molecule has 2 aromatic carbocycles. The molecule has 0 aromatic heterocycles. The summed E-state index contributed by atoms with van der Waals surface area (Å²) >= 11 is 6.92. The van der Waals surface area contributed by atoms with Crippen molar-refractivity contribution in [2.75, 3.05) is 0 Å². The van der Waals surface area contributed by atoms with Crippen molar-refractivity contribution in [2.45, 2.75) is 49.3 Å². The number of carbonyl (C=O) groups is 2. The van der Waals surface area contributed by atoms with E-state index in [1.54, 1.807) is 30.3 Å². The van der Waals surface area contributed by atoms with E-state index < -0.39 is 16.0 Å². The van der Waals surface area contributed by atoms with Crippen molar-refractivity contribution in [1.29, 1.82) is 0 Å². The third-order valence-electron chi connectivity index (χ3n) is 6.21. The third-order valence-corrected chi connectivity index (χ3v) is 8.50. The zero-order chi connectivity index (χ0) is 24.0. The van der Waals surface area contributed by atoms with Crippen LogP contribution in [0.2, 0.25) is 0 Å². The maximum atomic E-state index is 13.1. The zero-order valence-corrected chi connectivity index (χ0v) is 22.0. The van der Waals surface area contributed by atoms with Gasteiger partial charge in [-0.3, -0.25) is 9.59 Å². The zero-order valence-electron chi connectivity index (χ0n) is 18.0. The lowest BCUT2D eigenvalue weighted by Gasteiger charge is -2.36. The fourth-order valence-electron chi connectivity index (χ4n) is 4.76. The Morgan fingerprint density at radius 3 is 2.03 bits per heavy atom. The van der Waals surface area contributed by atoms with Gasteiger partial charge in [0.1, 0.15) is 16.4 Å². The predicted octanol–water partition coefficient (Wildman–Crippen LogP) is 6.11. The van der Waals surface area contributed by atoms with Gasteiger partial charge in [-0.25, -0.2) is 0 Å². The number of Topliss-reactive ketones (excluding diaryl/α,β-unsaturated/α-hetero) is 2. The van der Waals surface area contributed by atoms with E-state index in [1.807, 2.05) is 0 Å². The minimum Gasteiger partial charge on any atom is -0.465 e. The standard InChI is InChI=1S/C25H20Br2O6S/c26-14-12-16(25(17(27)13-14)33-34(30,31)15-6-2-1-3-7-15)22-23-18(28)8-4-10-20(23)32-21-11-5-9-19(29)24(21)22/h1-3,6-7,12-13,22H,4-5,8-11H2. The van der Waals surface area contributed by atoms with Gasteiger partial charge < -0.3 is 8.92 Å². The lowest BCUT2D eigenvalue weighted by Crippen LogP contribution is -2.30. The van der Waals surface area contributed by atoms with Gasteiger partial charge in [-0.05, 0) is 53.0 Å². The summed E-state index contributed by atoms with van der Waals surface area (Å²) in [7, 11) is -4.17. The van der Waals surface area contributed by atoms with Crippen molar-refractivity contribution in [3.05, 3.63) is 79.6 Å². The van der Waals surface area contributed by atoms with E-state index in [9.17, 15) is 18.0 Å². The second-order valence-electron chi connectivity index (χ2n) is 8.42. The molecule has 1 aliphatic heterocycles. The Morgan fingerprint density at radius 2 is 1.44 bits per heavy atom. The molecule has 0 saturated carbocycles. The Bertz CT molecular complexity index is 1330. The highest BCUT2D eigenvalue weighted by molar-refractivity contribution is 9.11. The highest BCUT2D eigenvalue weighted by Crippen LogP contribution is 2.51. The molecular formula is C25H20Br2O6S. The summed E-state index contributed by atoms with van der Waals surface area (Å²) in [6, 6.07) is 11.2. The van der Waals surface area contributed by atoms with Crippen LogP contribution in [0.15, 0.2) is 79.0 Å². The van der Waals surface area contributed by atoms with Crippen molar-refractivity contribution in [3.63, 3.8) is 0 Å². The molecule has 34 heavy (non-hydrogen) atoms. The predicted molar refractivity (Wildman–Crippen MR) is 132 cm³/mol. The van der Waals surface area contributed by atoms with Crippen LogP contribution < -0.4 is 4.18 Å². The summed E-state index contributed by atoms with van der Waals surface area (Å²) in [5.41, 5.74) is 1.27. The molecule has 0 bridgehead atoms. The van der Waals surface area contributed by atoms with Crippen LogP contribution >= 0.6 is 31.9 Å². The Balaban J connectivity index is 1.72. The van der Waals surface area contributed by atoms with Gasteiger partial charge in [0.25, 0.3) is 0 Å². The van der Waals surface area contributed by atoms with E-state index >= 15 is 0 Å². The summed E-state index contributed by atoms with van der Waals surface area (Å²) in [6.45, 7) is 0. The molecule has 0 N–H and O–H groups in total. The second kappa shape index (κ2) is 9.09. The Kier molecular flexibility index (Phi) is 6.29. The minimum absolute atomic E-state index is 0.00467. The molecule has 0 saturated heterocycles. The quantitative estimate of drug-likeness (QED) is 0.390. The summed E-state index contributed by atoms with van der Waals surface area (Å²) in [5, 5.41) is 0. The van der Waals surface area contributed by atoms with Crippen molar-refractivity contribution in [2.24, 2.45) is 0 Å². The Morgan fingerprint density at radius 1 is 0.853 bits per heavy atom.